The Bertz CT molecular complexity index is 167. The standard InChI is InChI=1S/C7H11P/c1-6-4-5-7(2)8(6)3/h4-5H,1-3H3. The predicted molar refractivity (Wildman–Crippen MR) is 39.6 cm³/mol. The van der Waals surface area contributed by atoms with Crippen LogP contribution in [-0.2, 0) is 6.66 Å². The van der Waals surface area contributed by atoms with Crippen LogP contribution < -0.4 is 0 Å². The van der Waals surface area contributed by atoms with Crippen LogP contribution in [0.25, 0.3) is 0 Å². The summed E-state index contributed by atoms with van der Waals surface area (Å²) >= 11 is 0. The zero-order valence-electron chi connectivity index (χ0n) is 5.60. The first-order valence-electron chi connectivity index (χ1n) is 2.81. The number of hydrogen-bond donors (Lipinski definition) is 0. The fourth-order valence-corrected chi connectivity index (χ4v) is 1.90. The third kappa shape index (κ3) is 0.809. The molecule has 1 aromatic rings. The van der Waals surface area contributed by atoms with Gasteiger partial charge in [-0.1, -0.05) is 12.1 Å². The van der Waals surface area contributed by atoms with Crippen LogP contribution in [0, 0.1) is 13.8 Å². The molecule has 1 heteroatoms. The first-order valence-corrected chi connectivity index (χ1v) is 4.59. The monoisotopic (exact) mass is 126 g/mol. The summed E-state index contributed by atoms with van der Waals surface area (Å²) in [5.41, 5.74) is 0. The molecule has 0 unspecified atom stereocenters. The van der Waals surface area contributed by atoms with E-state index in [1.807, 2.05) is 0 Å². The van der Waals surface area contributed by atoms with Gasteiger partial charge in [0.25, 0.3) is 0 Å². The van der Waals surface area contributed by atoms with Crippen molar-refractivity contribution in [1.29, 1.82) is 0 Å². The van der Waals surface area contributed by atoms with E-state index in [0.29, 0.717) is 0 Å². The van der Waals surface area contributed by atoms with Crippen molar-refractivity contribution >= 4 is 7.53 Å². The maximum absolute atomic E-state index is 2.31. The van der Waals surface area contributed by atoms with E-state index in [1.54, 1.807) is 10.6 Å². The molecule has 0 aliphatic rings. The van der Waals surface area contributed by atoms with E-state index in [0.717, 1.165) is 0 Å². The Morgan fingerprint density at radius 1 is 1.12 bits per heavy atom. The molecule has 0 nitrogen and oxygen atoms in total. The van der Waals surface area contributed by atoms with Gasteiger partial charge >= 0.3 is 0 Å². The summed E-state index contributed by atoms with van der Waals surface area (Å²) in [6.45, 7) is 6.72. The summed E-state index contributed by atoms with van der Waals surface area (Å²) in [6, 6.07) is 4.45. The molecule has 0 bridgehead atoms. The van der Waals surface area contributed by atoms with E-state index in [-0.39, 0.29) is 7.53 Å². The van der Waals surface area contributed by atoms with Crippen LogP contribution >= 0.6 is 7.53 Å². The molecule has 0 aromatic carbocycles. The largest absolute Gasteiger partial charge is 0.122 e. The zero-order chi connectivity index (χ0) is 6.15. The Morgan fingerprint density at radius 3 is 1.62 bits per heavy atom. The van der Waals surface area contributed by atoms with Crippen molar-refractivity contribution in [2.75, 3.05) is 0 Å². The molecule has 8 heavy (non-hydrogen) atoms. The van der Waals surface area contributed by atoms with Gasteiger partial charge < -0.3 is 0 Å². The molecule has 0 amide bonds. The lowest BCUT2D eigenvalue weighted by Gasteiger charge is -1.89. The first kappa shape index (κ1) is 5.91. The van der Waals surface area contributed by atoms with Gasteiger partial charge in [0.2, 0.25) is 0 Å². The van der Waals surface area contributed by atoms with E-state index in [4.69, 9.17) is 0 Å². The second kappa shape index (κ2) is 1.95. The van der Waals surface area contributed by atoms with Crippen molar-refractivity contribution in [2.45, 2.75) is 13.8 Å². The summed E-state index contributed by atoms with van der Waals surface area (Å²) in [4.78, 5) is 0. The van der Waals surface area contributed by atoms with Crippen LogP contribution in [0.3, 0.4) is 0 Å². The van der Waals surface area contributed by atoms with Gasteiger partial charge in [-0.25, -0.2) is 0 Å². The summed E-state index contributed by atoms with van der Waals surface area (Å²) in [6.07, 6.45) is 0. The molecule has 0 saturated heterocycles. The van der Waals surface area contributed by atoms with Crippen molar-refractivity contribution in [3.63, 3.8) is 0 Å². The molecule has 0 N–H and O–H groups in total. The third-order valence-electron chi connectivity index (χ3n) is 1.62. The molecule has 0 radical (unpaired) electrons. The molecule has 0 saturated carbocycles. The van der Waals surface area contributed by atoms with Gasteiger partial charge in [-0.05, 0) is 31.1 Å². The smallest absolute Gasteiger partial charge is 0.0253 e. The Morgan fingerprint density at radius 2 is 1.50 bits per heavy atom. The predicted octanol–water partition coefficient (Wildman–Crippen LogP) is 2.83. The molecule has 0 aliphatic heterocycles. The van der Waals surface area contributed by atoms with Crippen molar-refractivity contribution in [1.82, 2.24) is 0 Å². The van der Waals surface area contributed by atoms with E-state index in [1.165, 1.54) is 0 Å². The van der Waals surface area contributed by atoms with Gasteiger partial charge in [-0.3, -0.25) is 0 Å². The topological polar surface area (TPSA) is 0 Å². The minimum absolute atomic E-state index is 0.135. The average Bonchev–Trinajstić information content (AvgIpc) is 1.98. The molecule has 0 aliphatic carbocycles. The lowest BCUT2D eigenvalue weighted by Crippen LogP contribution is -1.54. The molecular weight excluding hydrogens is 115 g/mol. The van der Waals surface area contributed by atoms with E-state index in [2.05, 4.69) is 32.6 Å². The van der Waals surface area contributed by atoms with Crippen molar-refractivity contribution in [2.24, 2.45) is 6.66 Å². The van der Waals surface area contributed by atoms with Gasteiger partial charge in [0.15, 0.2) is 0 Å². The molecule has 44 valence electrons. The highest BCUT2D eigenvalue weighted by atomic mass is 31.1. The van der Waals surface area contributed by atoms with E-state index >= 15 is 0 Å². The highest BCUT2D eigenvalue weighted by Crippen LogP contribution is 2.33. The van der Waals surface area contributed by atoms with E-state index in [9.17, 15) is 0 Å². The Labute approximate surface area is 51.6 Å². The number of rotatable bonds is 0. The van der Waals surface area contributed by atoms with Gasteiger partial charge in [0.1, 0.15) is 0 Å². The second-order valence-corrected chi connectivity index (χ2v) is 4.70. The quantitative estimate of drug-likeness (QED) is 0.501. The maximum atomic E-state index is 2.31. The molecule has 0 atom stereocenters. The third-order valence-corrected chi connectivity index (χ3v) is 4.04. The summed E-state index contributed by atoms with van der Waals surface area (Å²) in [7, 11) is 0.135. The summed E-state index contributed by atoms with van der Waals surface area (Å²) in [5, 5.41) is 3.11. The molecule has 1 aromatic heterocycles. The zero-order valence-corrected chi connectivity index (χ0v) is 6.50. The van der Waals surface area contributed by atoms with Gasteiger partial charge in [0.05, 0.1) is 0 Å². The minimum Gasteiger partial charge on any atom is -0.122 e. The van der Waals surface area contributed by atoms with Crippen LogP contribution in [0.2, 0.25) is 0 Å². The average molecular weight is 126 g/mol. The Kier molecular flexibility index (Phi) is 1.44. The van der Waals surface area contributed by atoms with Crippen LogP contribution in [0.4, 0.5) is 0 Å². The first-order chi connectivity index (χ1) is 3.72. The van der Waals surface area contributed by atoms with E-state index < -0.39 is 0 Å². The molecular formula is C7H11P. The van der Waals surface area contributed by atoms with Gasteiger partial charge in [-0.2, -0.15) is 0 Å². The molecule has 1 rings (SSSR count). The number of hydrogen-bond acceptors (Lipinski definition) is 0. The van der Waals surface area contributed by atoms with Crippen molar-refractivity contribution < 1.29 is 0 Å². The molecule has 1 heterocycles. The van der Waals surface area contributed by atoms with Crippen LogP contribution in [0.15, 0.2) is 12.1 Å². The van der Waals surface area contributed by atoms with Gasteiger partial charge in [-0.15, -0.1) is 7.53 Å². The highest BCUT2D eigenvalue weighted by molar-refractivity contribution is 7.49. The van der Waals surface area contributed by atoms with Crippen molar-refractivity contribution in [3.05, 3.63) is 22.7 Å². The lowest BCUT2D eigenvalue weighted by molar-refractivity contribution is 1.61. The summed E-state index contributed by atoms with van der Waals surface area (Å²) < 4.78 is 0. The minimum atomic E-state index is 0.135. The maximum Gasteiger partial charge on any atom is -0.0253 e. The fraction of sp³-hybridized carbons (Fsp3) is 0.429. The van der Waals surface area contributed by atoms with Crippen LogP contribution in [-0.4, -0.2) is 0 Å². The SMILES string of the molecule is Cc1ccc(C)p1C. The molecule has 0 spiro atoms. The highest BCUT2D eigenvalue weighted by Gasteiger charge is 1.93. The van der Waals surface area contributed by atoms with Crippen molar-refractivity contribution in [3.8, 4) is 0 Å². The Hall–Kier alpha value is -0.220. The molecule has 0 fully saturated rings. The second-order valence-electron chi connectivity index (χ2n) is 2.18. The summed E-state index contributed by atoms with van der Waals surface area (Å²) in [5.74, 6) is 0. The number of aryl methyl sites for hydroxylation is 2. The normalized spacial score (nSPS) is 9.88. The van der Waals surface area contributed by atoms with Crippen LogP contribution in [0.5, 0.6) is 0 Å². The van der Waals surface area contributed by atoms with Crippen LogP contribution in [0.1, 0.15) is 10.6 Å². The fourth-order valence-electron chi connectivity index (χ4n) is 0.743. The Balaban J connectivity index is 3.19. The van der Waals surface area contributed by atoms with Gasteiger partial charge in [0, 0.05) is 0 Å². The lowest BCUT2D eigenvalue weighted by atomic mass is 10.5.